The van der Waals surface area contributed by atoms with Gasteiger partial charge in [0.15, 0.2) is 0 Å². The summed E-state index contributed by atoms with van der Waals surface area (Å²) in [6.07, 6.45) is 10.9. The predicted octanol–water partition coefficient (Wildman–Crippen LogP) is 15.4. The average Bonchev–Trinajstić information content (AvgIpc) is 3.28. The SMILES string of the molecule is C1=Cc2ccc(-c3ccccc3)c3ccc(/C=C\Cc4ccc(Oc5ccc(-c6ccc7ccc8c(-c9ccccc9)ccc9ccc6c7c98)cc5)cc4)c(c23)C1. The number of hydrogen-bond acceptors (Lipinski definition) is 1. The fourth-order valence-corrected chi connectivity index (χ4v) is 9.03. The third-order valence-electron chi connectivity index (χ3n) is 11.8. The molecule has 57 heavy (non-hydrogen) atoms. The van der Waals surface area contributed by atoms with E-state index in [0.717, 1.165) is 24.3 Å². The van der Waals surface area contributed by atoms with Gasteiger partial charge in [0.05, 0.1) is 0 Å². The van der Waals surface area contributed by atoms with Crippen molar-refractivity contribution in [3.63, 3.8) is 0 Å². The Kier molecular flexibility index (Phi) is 8.03. The molecule has 268 valence electrons. The van der Waals surface area contributed by atoms with E-state index < -0.39 is 0 Å². The number of benzene rings is 10. The molecule has 1 heteroatoms. The van der Waals surface area contributed by atoms with Crippen LogP contribution in [0.4, 0.5) is 0 Å². The standard InChI is InChI=1S/C56H38O/c1-3-10-38(11-4-1)47-31-22-42-15-8-16-50-40(21-34-51(47)54(42)50)14-7-9-37-17-27-45(28-18-37)57-46-29-19-41(20-30-46)49-33-24-44-25-35-52-48(39-12-5-2-6-13-39)32-23-43-26-36-53(49)56(44)55(43)52/h1-8,10-15,17-36H,9,16H2/b14-7-. The van der Waals surface area contributed by atoms with Crippen LogP contribution in [-0.4, -0.2) is 0 Å². The van der Waals surface area contributed by atoms with Crippen molar-refractivity contribution in [2.45, 2.75) is 12.8 Å². The van der Waals surface area contributed by atoms with Crippen molar-refractivity contribution in [3.8, 4) is 44.9 Å². The van der Waals surface area contributed by atoms with Gasteiger partial charge in [-0.05, 0) is 136 Å². The monoisotopic (exact) mass is 726 g/mol. The van der Waals surface area contributed by atoms with Crippen LogP contribution < -0.4 is 4.74 Å². The summed E-state index contributed by atoms with van der Waals surface area (Å²) < 4.78 is 6.34. The largest absolute Gasteiger partial charge is 0.457 e. The van der Waals surface area contributed by atoms with Gasteiger partial charge < -0.3 is 4.74 Å². The van der Waals surface area contributed by atoms with Gasteiger partial charge in [-0.15, -0.1) is 0 Å². The van der Waals surface area contributed by atoms with Crippen molar-refractivity contribution in [2.75, 3.05) is 0 Å². The van der Waals surface area contributed by atoms with Gasteiger partial charge in [0.25, 0.3) is 0 Å². The van der Waals surface area contributed by atoms with Crippen molar-refractivity contribution >= 4 is 55.2 Å². The molecule has 0 radical (unpaired) electrons. The van der Waals surface area contributed by atoms with Crippen LogP contribution in [0.15, 0.2) is 194 Å². The topological polar surface area (TPSA) is 9.23 Å². The fourth-order valence-electron chi connectivity index (χ4n) is 9.03. The second-order valence-corrected chi connectivity index (χ2v) is 15.1. The van der Waals surface area contributed by atoms with E-state index in [1.807, 2.05) is 0 Å². The quantitative estimate of drug-likeness (QED) is 0.142. The lowest BCUT2D eigenvalue weighted by Gasteiger charge is -2.18. The van der Waals surface area contributed by atoms with Crippen LogP contribution in [0.5, 0.6) is 11.5 Å². The van der Waals surface area contributed by atoms with E-state index >= 15 is 0 Å². The Morgan fingerprint density at radius 3 is 1.56 bits per heavy atom. The first kappa shape index (κ1) is 33.1. The molecule has 0 aromatic heterocycles. The highest BCUT2D eigenvalue weighted by molar-refractivity contribution is 6.27. The van der Waals surface area contributed by atoms with Crippen molar-refractivity contribution in [3.05, 3.63) is 216 Å². The fraction of sp³-hybridized carbons (Fsp3) is 0.0357. The Labute approximate surface area is 332 Å². The zero-order chi connectivity index (χ0) is 37.7. The van der Waals surface area contributed by atoms with Crippen LogP contribution in [0, 0.1) is 0 Å². The lowest BCUT2D eigenvalue weighted by molar-refractivity contribution is 0.482. The molecule has 1 aliphatic carbocycles. The smallest absolute Gasteiger partial charge is 0.127 e. The Bertz CT molecular complexity index is 3150. The van der Waals surface area contributed by atoms with Crippen molar-refractivity contribution in [2.24, 2.45) is 0 Å². The predicted molar refractivity (Wildman–Crippen MR) is 242 cm³/mol. The number of ether oxygens (including phenoxy) is 1. The molecule has 0 aliphatic heterocycles. The maximum Gasteiger partial charge on any atom is 0.127 e. The Morgan fingerprint density at radius 1 is 0.439 bits per heavy atom. The molecular formula is C56H38O. The summed E-state index contributed by atoms with van der Waals surface area (Å²) in [5.74, 6) is 1.66. The first-order valence-electron chi connectivity index (χ1n) is 19.9. The van der Waals surface area contributed by atoms with Crippen molar-refractivity contribution in [1.82, 2.24) is 0 Å². The van der Waals surface area contributed by atoms with Crippen LogP contribution in [0.2, 0.25) is 0 Å². The maximum atomic E-state index is 6.34. The molecule has 0 atom stereocenters. The van der Waals surface area contributed by atoms with Crippen molar-refractivity contribution in [1.29, 1.82) is 0 Å². The van der Waals surface area contributed by atoms with E-state index in [2.05, 4.69) is 206 Å². The Balaban J connectivity index is 0.813. The minimum Gasteiger partial charge on any atom is -0.457 e. The number of hydrogen-bond donors (Lipinski definition) is 0. The number of allylic oxidation sites excluding steroid dienone is 2. The van der Waals surface area contributed by atoms with Gasteiger partial charge in [-0.1, -0.05) is 182 Å². The number of rotatable bonds is 8. The molecule has 0 bridgehead atoms. The molecule has 0 saturated heterocycles. The lowest BCUT2D eigenvalue weighted by atomic mass is 9.86. The zero-order valence-electron chi connectivity index (χ0n) is 31.5. The molecule has 0 N–H and O–H groups in total. The second kappa shape index (κ2) is 13.8. The van der Waals surface area contributed by atoms with Gasteiger partial charge in [0.1, 0.15) is 11.5 Å². The molecule has 0 unspecified atom stereocenters. The van der Waals surface area contributed by atoms with Crippen LogP contribution in [0.3, 0.4) is 0 Å². The van der Waals surface area contributed by atoms with E-state index in [1.54, 1.807) is 0 Å². The van der Waals surface area contributed by atoms with Crippen molar-refractivity contribution < 1.29 is 4.74 Å². The first-order valence-corrected chi connectivity index (χ1v) is 19.9. The summed E-state index contributed by atoms with van der Waals surface area (Å²) in [5.41, 5.74) is 12.7. The summed E-state index contributed by atoms with van der Waals surface area (Å²) in [6.45, 7) is 0. The third kappa shape index (κ3) is 5.88. The summed E-state index contributed by atoms with van der Waals surface area (Å²) >= 11 is 0. The van der Waals surface area contributed by atoms with Crippen LogP contribution >= 0.6 is 0 Å². The molecule has 0 fully saturated rings. The molecule has 0 saturated carbocycles. The van der Waals surface area contributed by atoms with Gasteiger partial charge in [-0.2, -0.15) is 0 Å². The summed E-state index contributed by atoms with van der Waals surface area (Å²) in [6, 6.07) is 65.7. The van der Waals surface area contributed by atoms with Gasteiger partial charge in [0, 0.05) is 0 Å². The summed E-state index contributed by atoms with van der Waals surface area (Å²) in [4.78, 5) is 0. The molecule has 11 rings (SSSR count). The molecule has 0 heterocycles. The minimum absolute atomic E-state index is 0.825. The van der Waals surface area contributed by atoms with E-state index in [4.69, 9.17) is 4.74 Å². The molecule has 10 aromatic carbocycles. The normalized spacial score (nSPS) is 12.4. The van der Waals surface area contributed by atoms with Crippen LogP contribution in [0.25, 0.3) is 88.6 Å². The second-order valence-electron chi connectivity index (χ2n) is 15.1. The molecular weight excluding hydrogens is 689 g/mol. The van der Waals surface area contributed by atoms with E-state index in [0.29, 0.717) is 0 Å². The Hall–Kier alpha value is -7.22. The first-order chi connectivity index (χ1) is 28.2. The molecule has 1 nitrogen and oxygen atoms in total. The minimum atomic E-state index is 0.825. The van der Waals surface area contributed by atoms with Gasteiger partial charge in [-0.3, -0.25) is 0 Å². The van der Waals surface area contributed by atoms with Crippen LogP contribution in [0.1, 0.15) is 22.3 Å². The lowest BCUT2D eigenvalue weighted by Crippen LogP contribution is -1.97. The van der Waals surface area contributed by atoms with E-state index in [9.17, 15) is 0 Å². The molecule has 0 spiro atoms. The van der Waals surface area contributed by atoms with Gasteiger partial charge in [0.2, 0.25) is 0 Å². The van der Waals surface area contributed by atoms with Gasteiger partial charge in [-0.25, -0.2) is 0 Å². The summed E-state index contributed by atoms with van der Waals surface area (Å²) in [7, 11) is 0. The Morgan fingerprint density at radius 2 is 0.947 bits per heavy atom. The van der Waals surface area contributed by atoms with Gasteiger partial charge >= 0.3 is 0 Å². The van der Waals surface area contributed by atoms with Crippen LogP contribution in [-0.2, 0) is 12.8 Å². The highest BCUT2D eigenvalue weighted by atomic mass is 16.5. The highest BCUT2D eigenvalue weighted by Gasteiger charge is 2.17. The average molecular weight is 727 g/mol. The summed E-state index contributed by atoms with van der Waals surface area (Å²) in [5, 5.41) is 10.5. The molecule has 1 aliphatic rings. The maximum absolute atomic E-state index is 6.34. The van der Waals surface area contributed by atoms with E-state index in [1.165, 1.54) is 98.7 Å². The van der Waals surface area contributed by atoms with E-state index in [-0.39, 0.29) is 0 Å². The molecule has 0 amide bonds. The zero-order valence-corrected chi connectivity index (χ0v) is 31.5. The third-order valence-corrected chi connectivity index (χ3v) is 11.8. The highest BCUT2D eigenvalue weighted by Crippen LogP contribution is 2.43. The molecule has 10 aromatic rings.